The molecule has 1 amide bonds. The highest BCUT2D eigenvalue weighted by Gasteiger charge is 2.31. The van der Waals surface area contributed by atoms with Crippen LogP contribution < -0.4 is 9.64 Å². The molecule has 0 saturated heterocycles. The first-order chi connectivity index (χ1) is 12.7. The van der Waals surface area contributed by atoms with Gasteiger partial charge in [-0.15, -0.1) is 0 Å². The molecule has 1 aliphatic rings. The maximum Gasteiger partial charge on any atom is 0.264 e. The lowest BCUT2D eigenvalue weighted by atomic mass is 10.0. The fourth-order valence-corrected chi connectivity index (χ4v) is 3.03. The van der Waals surface area contributed by atoms with E-state index in [1.54, 1.807) is 17.2 Å². The summed E-state index contributed by atoms with van der Waals surface area (Å²) in [5.74, 6) is 1.20. The van der Waals surface area contributed by atoms with Crippen LogP contribution in [0.4, 0.5) is 5.95 Å². The van der Waals surface area contributed by atoms with Crippen LogP contribution in [0.5, 0.6) is 5.88 Å². The molecule has 0 N–H and O–H groups in total. The first-order valence-corrected chi connectivity index (χ1v) is 8.29. The topological polar surface area (TPSA) is 81.1 Å². The molecule has 26 heavy (non-hydrogen) atoms. The summed E-state index contributed by atoms with van der Waals surface area (Å²) in [5.41, 5.74) is 2.89. The van der Waals surface area contributed by atoms with Crippen molar-refractivity contribution in [3.63, 3.8) is 0 Å². The third kappa shape index (κ3) is 2.77. The number of amides is 1. The minimum absolute atomic E-state index is 0.184. The van der Waals surface area contributed by atoms with Gasteiger partial charge in [0.1, 0.15) is 0 Å². The van der Waals surface area contributed by atoms with Crippen LogP contribution in [-0.4, -0.2) is 39.5 Å². The van der Waals surface area contributed by atoms with Crippen molar-refractivity contribution in [2.45, 2.75) is 13.3 Å². The normalized spacial score (nSPS) is 13.5. The highest BCUT2D eigenvalue weighted by atomic mass is 16.5. The minimum Gasteiger partial charge on any atom is -0.481 e. The van der Waals surface area contributed by atoms with Crippen molar-refractivity contribution in [3.8, 4) is 17.3 Å². The van der Waals surface area contributed by atoms with Gasteiger partial charge in [0.05, 0.1) is 24.1 Å². The summed E-state index contributed by atoms with van der Waals surface area (Å²) < 4.78 is 5.13. The summed E-state index contributed by atoms with van der Waals surface area (Å²) in [4.78, 5) is 32.2. The second-order valence-corrected chi connectivity index (χ2v) is 5.93. The Bertz CT molecular complexity index is 975. The van der Waals surface area contributed by atoms with E-state index in [4.69, 9.17) is 4.74 Å². The van der Waals surface area contributed by atoms with Crippen molar-refractivity contribution in [1.29, 1.82) is 0 Å². The zero-order valence-electron chi connectivity index (χ0n) is 14.5. The van der Waals surface area contributed by atoms with Gasteiger partial charge < -0.3 is 4.74 Å². The minimum atomic E-state index is -0.184. The van der Waals surface area contributed by atoms with E-state index in [1.807, 2.05) is 37.3 Å². The molecule has 7 heteroatoms. The summed E-state index contributed by atoms with van der Waals surface area (Å²) in [6.07, 6.45) is 2.19. The molecular weight excluding hydrogens is 330 g/mol. The smallest absolute Gasteiger partial charge is 0.264 e. The molecule has 0 spiro atoms. The van der Waals surface area contributed by atoms with Gasteiger partial charge in [0.15, 0.2) is 5.82 Å². The zero-order valence-corrected chi connectivity index (χ0v) is 14.5. The second kappa shape index (κ2) is 6.51. The number of nitrogens with zero attached hydrogens (tertiary/aromatic N) is 5. The lowest BCUT2D eigenvalue weighted by Gasteiger charge is -2.27. The predicted molar refractivity (Wildman–Crippen MR) is 96.2 cm³/mol. The summed E-state index contributed by atoms with van der Waals surface area (Å²) >= 11 is 0. The maximum atomic E-state index is 13.0. The van der Waals surface area contributed by atoms with E-state index in [2.05, 4.69) is 19.9 Å². The number of fused-ring (bicyclic) bond motifs is 1. The Morgan fingerprint density at radius 2 is 1.88 bits per heavy atom. The van der Waals surface area contributed by atoms with Crippen molar-refractivity contribution in [1.82, 2.24) is 19.9 Å². The molecule has 7 nitrogen and oxygen atoms in total. The molecule has 1 aliphatic heterocycles. The largest absolute Gasteiger partial charge is 0.481 e. The summed E-state index contributed by atoms with van der Waals surface area (Å²) in [6.45, 7) is 2.30. The third-order valence-electron chi connectivity index (χ3n) is 4.30. The number of aryl methyl sites for hydroxylation is 1. The van der Waals surface area contributed by atoms with E-state index in [-0.39, 0.29) is 5.91 Å². The number of ether oxygens (including phenoxy) is 1. The molecule has 0 fully saturated rings. The number of carbonyl (C=O) groups is 1. The highest BCUT2D eigenvalue weighted by Crippen LogP contribution is 2.26. The molecule has 0 unspecified atom stereocenters. The molecule has 0 radical (unpaired) electrons. The second-order valence-electron chi connectivity index (χ2n) is 5.93. The first kappa shape index (κ1) is 16.1. The molecule has 4 rings (SSSR count). The van der Waals surface area contributed by atoms with E-state index in [0.717, 1.165) is 11.3 Å². The van der Waals surface area contributed by atoms with Crippen LogP contribution in [0.2, 0.25) is 0 Å². The van der Waals surface area contributed by atoms with Crippen molar-refractivity contribution in [3.05, 3.63) is 59.5 Å². The van der Waals surface area contributed by atoms with Crippen molar-refractivity contribution < 1.29 is 9.53 Å². The van der Waals surface area contributed by atoms with Gasteiger partial charge >= 0.3 is 0 Å². The molecule has 0 saturated carbocycles. The summed E-state index contributed by atoms with van der Waals surface area (Å²) in [5, 5.41) is 0. The lowest BCUT2D eigenvalue weighted by molar-refractivity contribution is 0.0977. The quantitative estimate of drug-likeness (QED) is 0.724. The Balaban J connectivity index is 1.73. The van der Waals surface area contributed by atoms with Crippen LogP contribution in [0.15, 0.2) is 42.6 Å². The predicted octanol–water partition coefficient (Wildman–Crippen LogP) is 2.45. The van der Waals surface area contributed by atoms with Crippen LogP contribution in [0.3, 0.4) is 0 Å². The van der Waals surface area contributed by atoms with Crippen molar-refractivity contribution in [2.75, 3.05) is 18.6 Å². The molecule has 0 bridgehead atoms. The number of methoxy groups -OCH3 is 1. The van der Waals surface area contributed by atoms with Crippen LogP contribution in [0.1, 0.15) is 21.7 Å². The average molecular weight is 347 g/mol. The number of aromatic nitrogens is 4. The van der Waals surface area contributed by atoms with Crippen LogP contribution in [-0.2, 0) is 6.42 Å². The van der Waals surface area contributed by atoms with Gasteiger partial charge in [0.25, 0.3) is 5.91 Å². The van der Waals surface area contributed by atoms with E-state index in [0.29, 0.717) is 41.9 Å². The Morgan fingerprint density at radius 3 is 2.65 bits per heavy atom. The summed E-state index contributed by atoms with van der Waals surface area (Å²) in [7, 11) is 1.53. The number of hydrogen-bond acceptors (Lipinski definition) is 6. The summed E-state index contributed by atoms with van der Waals surface area (Å²) in [6, 6.07) is 11.4. The first-order valence-electron chi connectivity index (χ1n) is 8.29. The molecule has 1 aromatic carbocycles. The average Bonchev–Trinajstić information content (AvgIpc) is 2.68. The lowest BCUT2D eigenvalue weighted by Crippen LogP contribution is -2.40. The Labute approximate surface area is 150 Å². The molecule has 130 valence electrons. The van der Waals surface area contributed by atoms with E-state index in [1.165, 1.54) is 7.11 Å². The standard InChI is InChI=1S/C19H17N5O2/c1-12-16-14(22-17(21-12)13-6-4-3-5-7-13)9-11-24(18(16)25)19-20-10-8-15(23-19)26-2/h3-8,10H,9,11H2,1-2H3. The number of carbonyl (C=O) groups excluding carboxylic acids is 1. The Hall–Kier alpha value is -3.35. The third-order valence-corrected chi connectivity index (χ3v) is 4.30. The van der Waals surface area contributed by atoms with E-state index >= 15 is 0 Å². The Morgan fingerprint density at radius 1 is 1.08 bits per heavy atom. The number of benzene rings is 1. The van der Waals surface area contributed by atoms with Gasteiger partial charge in [0.2, 0.25) is 11.8 Å². The van der Waals surface area contributed by atoms with Gasteiger partial charge in [0, 0.05) is 30.8 Å². The molecule has 3 heterocycles. The molecule has 2 aromatic heterocycles. The monoisotopic (exact) mass is 347 g/mol. The van der Waals surface area contributed by atoms with Gasteiger partial charge in [-0.05, 0) is 6.92 Å². The van der Waals surface area contributed by atoms with Crippen molar-refractivity contribution >= 4 is 11.9 Å². The number of anilines is 1. The fraction of sp³-hybridized carbons (Fsp3) is 0.211. The van der Waals surface area contributed by atoms with Gasteiger partial charge in [-0.1, -0.05) is 30.3 Å². The van der Waals surface area contributed by atoms with Gasteiger partial charge in [-0.25, -0.2) is 15.0 Å². The highest BCUT2D eigenvalue weighted by molar-refractivity contribution is 6.07. The Kier molecular flexibility index (Phi) is 4.04. The van der Waals surface area contributed by atoms with Crippen LogP contribution in [0.25, 0.3) is 11.4 Å². The van der Waals surface area contributed by atoms with Gasteiger partial charge in [-0.2, -0.15) is 4.98 Å². The van der Waals surface area contributed by atoms with Crippen LogP contribution >= 0.6 is 0 Å². The number of rotatable bonds is 3. The molecule has 0 atom stereocenters. The van der Waals surface area contributed by atoms with Crippen molar-refractivity contribution in [2.24, 2.45) is 0 Å². The fourth-order valence-electron chi connectivity index (χ4n) is 3.03. The number of hydrogen-bond donors (Lipinski definition) is 0. The van der Waals surface area contributed by atoms with E-state index in [9.17, 15) is 4.79 Å². The zero-order chi connectivity index (χ0) is 18.1. The van der Waals surface area contributed by atoms with Gasteiger partial charge in [-0.3, -0.25) is 9.69 Å². The van der Waals surface area contributed by atoms with Crippen LogP contribution in [0, 0.1) is 6.92 Å². The SMILES string of the molecule is COc1ccnc(N2CCc3nc(-c4ccccc4)nc(C)c3C2=O)n1. The molecular formula is C19H17N5O2. The van der Waals surface area contributed by atoms with E-state index < -0.39 is 0 Å². The maximum absolute atomic E-state index is 13.0. The molecule has 3 aromatic rings. The molecule has 0 aliphatic carbocycles.